The van der Waals surface area contributed by atoms with Crippen LogP contribution in [0.15, 0.2) is 30.5 Å². The van der Waals surface area contributed by atoms with E-state index >= 15 is 0 Å². The van der Waals surface area contributed by atoms with Gasteiger partial charge in [0.25, 0.3) is 0 Å². The van der Waals surface area contributed by atoms with Crippen LogP contribution in [0.5, 0.6) is 0 Å². The Bertz CT molecular complexity index is 313. The van der Waals surface area contributed by atoms with Crippen LogP contribution >= 0.6 is 0 Å². The highest BCUT2D eigenvalue weighted by molar-refractivity contribution is 5.60. The second kappa shape index (κ2) is 3.52. The van der Waals surface area contributed by atoms with Gasteiger partial charge in [-0.2, -0.15) is 0 Å². The van der Waals surface area contributed by atoms with Crippen molar-refractivity contribution >= 4 is 5.76 Å². The fraction of sp³-hybridized carbons (Fsp3) is 0.273. The zero-order valence-electron chi connectivity index (χ0n) is 7.71. The van der Waals surface area contributed by atoms with Gasteiger partial charge in [-0.25, -0.2) is 0 Å². The maximum atomic E-state index is 5.50. The predicted octanol–water partition coefficient (Wildman–Crippen LogP) is 1.91. The average molecular weight is 175 g/mol. The molecule has 1 N–H and O–H groups in total. The number of ether oxygens (including phenoxy) is 1. The van der Waals surface area contributed by atoms with E-state index in [-0.39, 0.29) is 0 Å². The van der Waals surface area contributed by atoms with E-state index in [0.29, 0.717) is 0 Å². The third kappa shape index (κ3) is 1.83. The highest BCUT2D eigenvalue weighted by Crippen LogP contribution is 2.16. The van der Waals surface area contributed by atoms with Crippen molar-refractivity contribution in [3.63, 3.8) is 0 Å². The number of aryl methyl sites for hydroxylation is 1. The van der Waals surface area contributed by atoms with Crippen molar-refractivity contribution in [2.45, 2.75) is 6.92 Å². The molecule has 0 amide bonds. The molecule has 0 fully saturated rings. The molecule has 68 valence electrons. The van der Waals surface area contributed by atoms with Gasteiger partial charge < -0.3 is 10.1 Å². The summed E-state index contributed by atoms with van der Waals surface area (Å²) in [6, 6.07) is 8.34. The summed E-state index contributed by atoms with van der Waals surface area (Å²) >= 11 is 0. The first kappa shape index (κ1) is 8.17. The zero-order valence-corrected chi connectivity index (χ0v) is 7.71. The molecule has 0 radical (unpaired) electrons. The smallest absolute Gasteiger partial charge is 0.142 e. The minimum Gasteiger partial charge on any atom is -0.490 e. The van der Waals surface area contributed by atoms with Crippen LogP contribution in [0.25, 0.3) is 5.76 Å². The van der Waals surface area contributed by atoms with Gasteiger partial charge in [0, 0.05) is 18.3 Å². The quantitative estimate of drug-likeness (QED) is 0.704. The molecule has 0 saturated carbocycles. The number of hydrogen-bond donors (Lipinski definition) is 1. The summed E-state index contributed by atoms with van der Waals surface area (Å²) in [5, 5.41) is 3.16. The monoisotopic (exact) mass is 175 g/mol. The highest BCUT2D eigenvalue weighted by atomic mass is 16.5. The van der Waals surface area contributed by atoms with Gasteiger partial charge in [-0.05, 0) is 6.92 Å². The van der Waals surface area contributed by atoms with E-state index in [1.165, 1.54) is 5.56 Å². The molecule has 1 aliphatic rings. The van der Waals surface area contributed by atoms with E-state index in [9.17, 15) is 0 Å². The minimum absolute atomic E-state index is 0.750. The Hall–Kier alpha value is -1.44. The molecule has 1 aromatic carbocycles. The summed E-state index contributed by atoms with van der Waals surface area (Å²) in [5.74, 6) is 0.936. The van der Waals surface area contributed by atoms with Crippen molar-refractivity contribution in [3.8, 4) is 0 Å². The Labute approximate surface area is 78.2 Å². The van der Waals surface area contributed by atoms with Gasteiger partial charge in [0.2, 0.25) is 0 Å². The Morgan fingerprint density at radius 1 is 1.23 bits per heavy atom. The SMILES string of the molecule is Cc1ccc(C2=CNCCO2)cc1. The Morgan fingerprint density at radius 2 is 2.00 bits per heavy atom. The zero-order chi connectivity index (χ0) is 9.10. The van der Waals surface area contributed by atoms with Crippen LogP contribution in [0.1, 0.15) is 11.1 Å². The van der Waals surface area contributed by atoms with Crippen molar-refractivity contribution < 1.29 is 4.74 Å². The molecule has 1 heterocycles. The second-order valence-corrected chi connectivity index (χ2v) is 3.18. The van der Waals surface area contributed by atoms with E-state index in [4.69, 9.17) is 4.74 Å². The van der Waals surface area contributed by atoms with E-state index in [0.717, 1.165) is 24.5 Å². The van der Waals surface area contributed by atoms with Crippen LogP contribution in [0.2, 0.25) is 0 Å². The number of nitrogens with one attached hydrogen (secondary N) is 1. The van der Waals surface area contributed by atoms with Gasteiger partial charge in [0.15, 0.2) is 0 Å². The molecule has 2 heteroatoms. The van der Waals surface area contributed by atoms with E-state index in [2.05, 4.69) is 36.5 Å². The third-order valence-corrected chi connectivity index (χ3v) is 2.07. The molecule has 0 aliphatic carbocycles. The molecule has 1 aromatic rings. The normalized spacial score (nSPS) is 15.6. The summed E-state index contributed by atoms with van der Waals surface area (Å²) in [7, 11) is 0. The molecule has 0 saturated heterocycles. The fourth-order valence-corrected chi connectivity index (χ4v) is 1.31. The predicted molar refractivity (Wildman–Crippen MR) is 53.1 cm³/mol. The lowest BCUT2D eigenvalue weighted by Gasteiger charge is -2.16. The fourth-order valence-electron chi connectivity index (χ4n) is 1.31. The van der Waals surface area contributed by atoms with Gasteiger partial charge in [0.05, 0.1) is 0 Å². The van der Waals surface area contributed by atoms with Gasteiger partial charge >= 0.3 is 0 Å². The highest BCUT2D eigenvalue weighted by Gasteiger charge is 2.05. The van der Waals surface area contributed by atoms with Crippen LogP contribution in [0, 0.1) is 6.92 Å². The summed E-state index contributed by atoms with van der Waals surface area (Å²) in [5.41, 5.74) is 2.41. The Balaban J connectivity index is 2.24. The lowest BCUT2D eigenvalue weighted by atomic mass is 10.1. The van der Waals surface area contributed by atoms with Gasteiger partial charge in [-0.1, -0.05) is 29.8 Å². The molecule has 2 rings (SSSR count). The molecular formula is C11H13NO. The van der Waals surface area contributed by atoms with Gasteiger partial charge in [0.1, 0.15) is 12.4 Å². The second-order valence-electron chi connectivity index (χ2n) is 3.18. The van der Waals surface area contributed by atoms with Crippen molar-refractivity contribution in [1.29, 1.82) is 0 Å². The first-order valence-corrected chi connectivity index (χ1v) is 4.50. The number of benzene rings is 1. The third-order valence-electron chi connectivity index (χ3n) is 2.07. The summed E-state index contributed by atoms with van der Waals surface area (Å²) in [6.07, 6.45) is 1.92. The van der Waals surface area contributed by atoms with Crippen LogP contribution in [-0.2, 0) is 4.74 Å². The van der Waals surface area contributed by atoms with Gasteiger partial charge in [-0.15, -0.1) is 0 Å². The molecule has 0 atom stereocenters. The van der Waals surface area contributed by atoms with Crippen LogP contribution < -0.4 is 5.32 Å². The lowest BCUT2D eigenvalue weighted by molar-refractivity contribution is 0.265. The van der Waals surface area contributed by atoms with E-state index in [1.54, 1.807) is 0 Å². The van der Waals surface area contributed by atoms with Crippen LogP contribution in [0.3, 0.4) is 0 Å². The molecule has 0 bridgehead atoms. The number of rotatable bonds is 1. The van der Waals surface area contributed by atoms with E-state index in [1.807, 2.05) is 6.20 Å². The molecule has 0 spiro atoms. The summed E-state index contributed by atoms with van der Waals surface area (Å²) < 4.78 is 5.50. The molecule has 0 aromatic heterocycles. The molecule has 1 aliphatic heterocycles. The maximum Gasteiger partial charge on any atom is 0.142 e. The lowest BCUT2D eigenvalue weighted by Crippen LogP contribution is -2.19. The molecule has 0 unspecified atom stereocenters. The first-order valence-electron chi connectivity index (χ1n) is 4.50. The maximum absolute atomic E-state index is 5.50. The topological polar surface area (TPSA) is 21.3 Å². The Morgan fingerprint density at radius 3 is 2.62 bits per heavy atom. The van der Waals surface area contributed by atoms with Crippen LogP contribution in [0.4, 0.5) is 0 Å². The van der Waals surface area contributed by atoms with Gasteiger partial charge in [-0.3, -0.25) is 0 Å². The van der Waals surface area contributed by atoms with Crippen molar-refractivity contribution in [2.75, 3.05) is 13.2 Å². The number of hydrogen-bond acceptors (Lipinski definition) is 2. The largest absolute Gasteiger partial charge is 0.490 e. The molecule has 2 nitrogen and oxygen atoms in total. The van der Waals surface area contributed by atoms with Crippen molar-refractivity contribution in [2.24, 2.45) is 0 Å². The summed E-state index contributed by atoms with van der Waals surface area (Å²) in [6.45, 7) is 3.73. The van der Waals surface area contributed by atoms with E-state index < -0.39 is 0 Å². The Kier molecular flexibility index (Phi) is 2.21. The summed E-state index contributed by atoms with van der Waals surface area (Å²) in [4.78, 5) is 0. The van der Waals surface area contributed by atoms with Crippen LogP contribution in [-0.4, -0.2) is 13.2 Å². The standard InChI is InChI=1S/C11H13NO/c1-9-2-4-10(5-3-9)11-8-12-6-7-13-11/h2-5,8,12H,6-7H2,1H3. The first-order chi connectivity index (χ1) is 6.36. The van der Waals surface area contributed by atoms with Crippen molar-refractivity contribution in [3.05, 3.63) is 41.6 Å². The molecule has 13 heavy (non-hydrogen) atoms. The van der Waals surface area contributed by atoms with Crippen molar-refractivity contribution in [1.82, 2.24) is 5.32 Å². The average Bonchev–Trinajstić information content (AvgIpc) is 2.20. The molecular weight excluding hydrogens is 162 g/mol. The minimum atomic E-state index is 0.750.